The zero-order chi connectivity index (χ0) is 8.08. The molecule has 4 heteroatoms. The molecule has 0 amide bonds. The fourth-order valence-corrected chi connectivity index (χ4v) is 0. The molecule has 0 spiro atoms. The van der Waals surface area contributed by atoms with Crippen LogP contribution in [0.15, 0.2) is 0 Å². The third-order valence-corrected chi connectivity index (χ3v) is 0. The molecule has 0 bridgehead atoms. The van der Waals surface area contributed by atoms with Gasteiger partial charge in [0.1, 0.15) is 0 Å². The van der Waals surface area contributed by atoms with E-state index in [1.54, 1.807) is 13.8 Å². The van der Waals surface area contributed by atoms with E-state index in [4.69, 9.17) is 9.20 Å². The molecule has 0 aliphatic rings. The molecule has 0 aromatic heterocycles. The van der Waals surface area contributed by atoms with E-state index in [-0.39, 0.29) is 6.10 Å². The fourth-order valence-electron chi connectivity index (χ4n) is 0. The minimum atomic E-state index is -3.12. The second-order valence-corrected chi connectivity index (χ2v) is 7.82. The molecule has 0 aromatic carbocycles. The second kappa shape index (κ2) is 5.09. The van der Waals surface area contributed by atoms with Crippen LogP contribution >= 0.6 is 0 Å². The quantitative estimate of drug-likeness (QED) is 0.557. The number of rotatable bonds is 0. The zero-order valence-electron chi connectivity index (χ0n) is 6.33. The molecule has 58 valence electrons. The summed E-state index contributed by atoms with van der Waals surface area (Å²) in [6, 6.07) is 0. The Morgan fingerprint density at radius 1 is 1.33 bits per heavy atom. The van der Waals surface area contributed by atoms with Crippen molar-refractivity contribution in [2.24, 2.45) is 0 Å². The molecule has 0 radical (unpaired) electrons. The molecule has 3 nitrogen and oxygen atoms in total. The Labute approximate surface area is 58.7 Å². The number of aliphatic hydroxyl groups excluding tert-OH is 1. The van der Waals surface area contributed by atoms with Crippen molar-refractivity contribution >= 4 is 13.8 Å². The molecular weight excluding hydrogens is 183 g/mol. The third kappa shape index (κ3) is 4210. The summed E-state index contributed by atoms with van der Waals surface area (Å²) in [4.78, 5) is 0. The molecular formula is C5H15AsO3. The van der Waals surface area contributed by atoms with Gasteiger partial charge >= 0.3 is 33.1 Å². The first kappa shape index (κ1) is 12.0. The van der Waals surface area contributed by atoms with Crippen molar-refractivity contribution < 1.29 is 12.9 Å². The Morgan fingerprint density at radius 2 is 1.33 bits per heavy atom. The summed E-state index contributed by atoms with van der Waals surface area (Å²) in [6.07, 6.45) is -0.167. The molecule has 0 heterocycles. The summed E-state index contributed by atoms with van der Waals surface area (Å²) in [5.41, 5.74) is 2.72. The number of hydrogen-bond acceptors (Lipinski definition) is 2. The molecule has 0 aliphatic heterocycles. The van der Waals surface area contributed by atoms with Crippen molar-refractivity contribution in [1.82, 2.24) is 0 Å². The molecule has 0 unspecified atom stereocenters. The van der Waals surface area contributed by atoms with E-state index in [1.807, 2.05) is 0 Å². The summed E-state index contributed by atoms with van der Waals surface area (Å²) in [6.45, 7) is 3.44. The molecule has 2 N–H and O–H groups in total. The van der Waals surface area contributed by atoms with Crippen molar-refractivity contribution in [2.45, 2.75) is 31.4 Å². The van der Waals surface area contributed by atoms with E-state index in [0.29, 0.717) is 0 Å². The monoisotopic (exact) mass is 198 g/mol. The second-order valence-electron chi connectivity index (χ2n) is 2.39. The average Bonchev–Trinajstić information content (AvgIpc) is 1.19. The van der Waals surface area contributed by atoms with Crippen LogP contribution in [0.5, 0.6) is 0 Å². The van der Waals surface area contributed by atoms with Gasteiger partial charge in [-0.2, -0.15) is 0 Å². The van der Waals surface area contributed by atoms with Crippen molar-refractivity contribution in [3.05, 3.63) is 0 Å². The van der Waals surface area contributed by atoms with E-state index in [9.17, 15) is 3.74 Å². The van der Waals surface area contributed by atoms with Gasteiger partial charge in [0.05, 0.1) is 0 Å². The van der Waals surface area contributed by atoms with Crippen LogP contribution in [0.1, 0.15) is 13.8 Å². The predicted molar refractivity (Wildman–Crippen MR) is 37.7 cm³/mol. The average molecular weight is 198 g/mol. The van der Waals surface area contributed by atoms with Crippen LogP contribution in [0, 0.1) is 0 Å². The van der Waals surface area contributed by atoms with Crippen molar-refractivity contribution in [3.8, 4) is 0 Å². The van der Waals surface area contributed by atoms with Gasteiger partial charge in [0.25, 0.3) is 0 Å². The van der Waals surface area contributed by atoms with Gasteiger partial charge in [0.15, 0.2) is 0 Å². The normalized spacial score (nSPS) is 10.6. The molecule has 0 saturated heterocycles. The van der Waals surface area contributed by atoms with Gasteiger partial charge in [-0.25, -0.2) is 0 Å². The van der Waals surface area contributed by atoms with Gasteiger partial charge in [-0.3, -0.25) is 0 Å². The maximum absolute atomic E-state index is 9.83. The first-order valence-corrected chi connectivity index (χ1v) is 8.05. The summed E-state index contributed by atoms with van der Waals surface area (Å²) >= 11 is -3.12. The van der Waals surface area contributed by atoms with E-state index < -0.39 is 13.8 Å². The number of hydrogen-bond donors (Lipinski definition) is 2. The molecule has 0 fully saturated rings. The Hall–Kier alpha value is 0.278. The molecule has 0 atom stereocenters. The Kier molecular flexibility index (Phi) is 6.79. The fraction of sp³-hybridized carbons (Fsp3) is 1.00. The van der Waals surface area contributed by atoms with Crippen LogP contribution in [0.4, 0.5) is 0 Å². The number of aliphatic hydroxyl groups is 1. The van der Waals surface area contributed by atoms with Gasteiger partial charge < -0.3 is 5.11 Å². The molecule has 0 aromatic rings. The topological polar surface area (TPSA) is 57.5 Å². The molecule has 0 rings (SSSR count). The Balaban J connectivity index is 0. The molecule has 0 aliphatic carbocycles. The van der Waals surface area contributed by atoms with E-state index in [1.165, 1.54) is 11.4 Å². The predicted octanol–water partition coefficient (Wildman–Crippen LogP) is 0.498. The molecule has 9 heavy (non-hydrogen) atoms. The summed E-state index contributed by atoms with van der Waals surface area (Å²) in [5, 5.41) is 8.06. The van der Waals surface area contributed by atoms with E-state index in [0.717, 1.165) is 0 Å². The van der Waals surface area contributed by atoms with Crippen LogP contribution in [0.2, 0.25) is 11.4 Å². The van der Waals surface area contributed by atoms with Crippen molar-refractivity contribution in [1.29, 1.82) is 0 Å². The first-order valence-electron chi connectivity index (χ1n) is 2.69. The first-order chi connectivity index (χ1) is 3.73. The zero-order valence-corrected chi connectivity index (χ0v) is 8.20. The van der Waals surface area contributed by atoms with Crippen LogP contribution in [0.3, 0.4) is 0 Å². The Morgan fingerprint density at radius 3 is 1.33 bits per heavy atom. The van der Waals surface area contributed by atoms with Crippen molar-refractivity contribution in [2.75, 3.05) is 0 Å². The van der Waals surface area contributed by atoms with Gasteiger partial charge in [-0.05, 0) is 13.8 Å². The standard InChI is InChI=1S/C3H8O.C2H7AsO2/c1-3(2)4;1-3(2,4)5/h3-4H,1-2H3;1-2H3,(H,4,5). The SMILES string of the molecule is CC(C)O.C[As](C)(=O)O. The van der Waals surface area contributed by atoms with E-state index in [2.05, 4.69) is 0 Å². The van der Waals surface area contributed by atoms with Crippen LogP contribution in [0.25, 0.3) is 0 Å². The van der Waals surface area contributed by atoms with Gasteiger partial charge in [0, 0.05) is 6.10 Å². The molecule has 0 saturated carbocycles. The van der Waals surface area contributed by atoms with Gasteiger partial charge in [-0.15, -0.1) is 0 Å². The van der Waals surface area contributed by atoms with Crippen LogP contribution in [-0.2, 0) is 3.74 Å². The maximum atomic E-state index is 9.83. The van der Waals surface area contributed by atoms with Crippen LogP contribution in [-0.4, -0.2) is 29.1 Å². The summed E-state index contributed by atoms with van der Waals surface area (Å²) in [5.74, 6) is 0. The van der Waals surface area contributed by atoms with Crippen LogP contribution < -0.4 is 0 Å². The third-order valence-electron chi connectivity index (χ3n) is 0. The van der Waals surface area contributed by atoms with Gasteiger partial charge in [-0.1, -0.05) is 0 Å². The van der Waals surface area contributed by atoms with Gasteiger partial charge in [0.2, 0.25) is 0 Å². The minimum absolute atomic E-state index is 0.167. The van der Waals surface area contributed by atoms with E-state index >= 15 is 0 Å². The summed E-state index contributed by atoms with van der Waals surface area (Å²) in [7, 11) is 0. The summed E-state index contributed by atoms with van der Waals surface area (Å²) < 4.78 is 18.0. The Bertz CT molecular complexity index is 83.4. The van der Waals surface area contributed by atoms with Crippen molar-refractivity contribution in [3.63, 3.8) is 0 Å².